The van der Waals surface area contributed by atoms with Crippen LogP contribution >= 0.6 is 0 Å². The van der Waals surface area contributed by atoms with E-state index in [0.29, 0.717) is 12.3 Å². The summed E-state index contributed by atoms with van der Waals surface area (Å²) in [5.41, 5.74) is 1.65. The fourth-order valence-corrected chi connectivity index (χ4v) is 2.98. The van der Waals surface area contributed by atoms with Crippen LogP contribution in [0.2, 0.25) is 0 Å². The first kappa shape index (κ1) is 13.6. The fraction of sp³-hybridized carbons (Fsp3) is 0.235. The van der Waals surface area contributed by atoms with Gasteiger partial charge in [-0.15, -0.1) is 0 Å². The highest BCUT2D eigenvalue weighted by Crippen LogP contribution is 2.45. The molecule has 1 aliphatic heterocycles. The molecule has 108 valence electrons. The number of fused-ring (bicyclic) bond motifs is 2. The zero-order valence-electron chi connectivity index (χ0n) is 11.7. The van der Waals surface area contributed by atoms with Crippen molar-refractivity contribution < 1.29 is 14.6 Å². The smallest absolute Gasteiger partial charge is 0.311 e. The quantitative estimate of drug-likeness (QED) is 0.909. The Morgan fingerprint density at radius 2 is 1.67 bits per heavy atom. The Morgan fingerprint density at radius 1 is 1.10 bits per heavy atom. The van der Waals surface area contributed by atoms with Crippen LogP contribution in [0, 0.1) is 0 Å². The molecule has 0 radical (unpaired) electrons. The molecule has 0 unspecified atom stereocenters. The molecule has 1 aliphatic rings. The summed E-state index contributed by atoms with van der Waals surface area (Å²) in [5, 5.41) is 12.9. The lowest BCUT2D eigenvalue weighted by Crippen LogP contribution is -2.27. The van der Waals surface area contributed by atoms with Gasteiger partial charge in [-0.3, -0.25) is 4.79 Å². The SMILES string of the molecule is CNC[C@@H]1c2ccccc2Oc2ccccc2[C@H]1C(=O)O. The molecule has 1 heterocycles. The minimum absolute atomic E-state index is 0.174. The number of carbonyl (C=O) groups is 1. The minimum Gasteiger partial charge on any atom is -0.481 e. The molecular weight excluding hydrogens is 266 g/mol. The number of rotatable bonds is 3. The summed E-state index contributed by atoms with van der Waals surface area (Å²) < 4.78 is 5.97. The van der Waals surface area contributed by atoms with Crippen molar-refractivity contribution in [1.29, 1.82) is 0 Å². The molecule has 0 amide bonds. The molecule has 2 N–H and O–H groups in total. The number of aliphatic carboxylic acids is 1. The maximum atomic E-state index is 11.9. The zero-order chi connectivity index (χ0) is 14.8. The van der Waals surface area contributed by atoms with Crippen LogP contribution in [0.5, 0.6) is 11.5 Å². The molecule has 0 saturated carbocycles. The van der Waals surface area contributed by atoms with Crippen LogP contribution in [0.4, 0.5) is 0 Å². The molecule has 2 atom stereocenters. The number of carboxylic acids is 1. The molecule has 0 aromatic heterocycles. The number of benzene rings is 2. The predicted molar refractivity (Wildman–Crippen MR) is 80.0 cm³/mol. The van der Waals surface area contributed by atoms with Gasteiger partial charge >= 0.3 is 5.97 Å². The van der Waals surface area contributed by atoms with Crippen molar-refractivity contribution in [1.82, 2.24) is 5.32 Å². The van der Waals surface area contributed by atoms with E-state index in [2.05, 4.69) is 5.32 Å². The van der Waals surface area contributed by atoms with Gasteiger partial charge in [-0.05, 0) is 19.2 Å². The van der Waals surface area contributed by atoms with E-state index in [1.54, 1.807) is 0 Å². The van der Waals surface area contributed by atoms with Crippen molar-refractivity contribution in [3.8, 4) is 11.5 Å². The molecule has 2 aromatic rings. The highest BCUT2D eigenvalue weighted by Gasteiger charge is 2.36. The van der Waals surface area contributed by atoms with Gasteiger partial charge in [-0.1, -0.05) is 36.4 Å². The fourth-order valence-electron chi connectivity index (χ4n) is 2.98. The van der Waals surface area contributed by atoms with Crippen molar-refractivity contribution >= 4 is 5.97 Å². The van der Waals surface area contributed by atoms with Crippen LogP contribution in [0.15, 0.2) is 48.5 Å². The average molecular weight is 283 g/mol. The first-order valence-corrected chi connectivity index (χ1v) is 6.95. The maximum absolute atomic E-state index is 11.9. The first-order valence-electron chi connectivity index (χ1n) is 6.95. The van der Waals surface area contributed by atoms with Gasteiger partial charge in [0, 0.05) is 23.6 Å². The summed E-state index contributed by atoms with van der Waals surface area (Å²) in [7, 11) is 1.83. The number of hydrogen-bond acceptors (Lipinski definition) is 3. The number of likely N-dealkylation sites (N-methyl/N-ethyl adjacent to an activating group) is 1. The maximum Gasteiger partial charge on any atom is 0.311 e. The van der Waals surface area contributed by atoms with E-state index in [1.807, 2.05) is 55.6 Å². The van der Waals surface area contributed by atoms with Crippen molar-refractivity contribution in [3.63, 3.8) is 0 Å². The Morgan fingerprint density at radius 3 is 2.29 bits per heavy atom. The van der Waals surface area contributed by atoms with Crippen molar-refractivity contribution in [2.75, 3.05) is 13.6 Å². The summed E-state index contributed by atoms with van der Waals surface area (Å²) in [6.45, 7) is 0.575. The van der Waals surface area contributed by atoms with E-state index in [-0.39, 0.29) is 5.92 Å². The van der Waals surface area contributed by atoms with Crippen LogP contribution in [-0.2, 0) is 4.79 Å². The van der Waals surface area contributed by atoms with Gasteiger partial charge in [0.2, 0.25) is 0 Å². The summed E-state index contributed by atoms with van der Waals surface area (Å²) >= 11 is 0. The summed E-state index contributed by atoms with van der Waals surface area (Å²) in [6.07, 6.45) is 0. The third-order valence-corrected chi connectivity index (χ3v) is 3.88. The van der Waals surface area contributed by atoms with Crippen LogP contribution in [0.3, 0.4) is 0 Å². The van der Waals surface area contributed by atoms with Crippen LogP contribution in [-0.4, -0.2) is 24.7 Å². The third-order valence-electron chi connectivity index (χ3n) is 3.88. The van der Waals surface area contributed by atoms with Gasteiger partial charge in [0.15, 0.2) is 0 Å². The largest absolute Gasteiger partial charge is 0.481 e. The molecular formula is C17H17NO3. The number of hydrogen-bond donors (Lipinski definition) is 2. The number of nitrogens with one attached hydrogen (secondary N) is 1. The second-order valence-corrected chi connectivity index (χ2v) is 5.16. The molecule has 0 saturated heterocycles. The summed E-state index contributed by atoms with van der Waals surface area (Å²) in [5.74, 6) is -0.280. The standard InChI is InChI=1S/C17H17NO3/c1-18-10-13-11-6-2-4-8-14(11)21-15-9-5-3-7-12(15)16(13)17(19)20/h2-9,13,16,18H,10H2,1H3,(H,19,20)/t13-,16-/m1/s1. The molecule has 3 rings (SSSR count). The van der Waals surface area contributed by atoms with Gasteiger partial charge < -0.3 is 15.2 Å². The van der Waals surface area contributed by atoms with Gasteiger partial charge in [0.05, 0.1) is 5.92 Å². The Hall–Kier alpha value is -2.33. The summed E-state index contributed by atoms with van der Waals surface area (Å²) in [6, 6.07) is 15.0. The molecule has 21 heavy (non-hydrogen) atoms. The molecule has 0 fully saturated rings. The normalized spacial score (nSPS) is 19.9. The number of ether oxygens (including phenoxy) is 1. The van der Waals surface area contributed by atoms with E-state index in [9.17, 15) is 9.90 Å². The van der Waals surface area contributed by atoms with Crippen molar-refractivity contribution in [3.05, 3.63) is 59.7 Å². The minimum atomic E-state index is -0.831. The molecule has 0 spiro atoms. The van der Waals surface area contributed by atoms with Gasteiger partial charge in [0.25, 0.3) is 0 Å². The number of para-hydroxylation sites is 2. The third kappa shape index (κ3) is 2.38. The molecule has 2 aromatic carbocycles. The number of carboxylic acid groups (broad SMARTS) is 1. The first-order chi connectivity index (χ1) is 10.2. The summed E-state index contributed by atoms with van der Waals surface area (Å²) in [4.78, 5) is 11.9. The highest BCUT2D eigenvalue weighted by molar-refractivity contribution is 5.79. The van der Waals surface area contributed by atoms with Crippen molar-refractivity contribution in [2.45, 2.75) is 11.8 Å². The average Bonchev–Trinajstić information content (AvgIpc) is 2.62. The Kier molecular flexibility index (Phi) is 3.62. The predicted octanol–water partition coefficient (Wildman–Crippen LogP) is 2.96. The Balaban J connectivity index is 2.22. The molecule has 0 bridgehead atoms. The van der Waals surface area contributed by atoms with E-state index in [4.69, 9.17) is 4.74 Å². The second-order valence-electron chi connectivity index (χ2n) is 5.16. The lowest BCUT2D eigenvalue weighted by molar-refractivity contribution is -0.139. The van der Waals surface area contributed by atoms with Crippen LogP contribution in [0.25, 0.3) is 0 Å². The molecule has 0 aliphatic carbocycles. The van der Waals surface area contributed by atoms with Gasteiger partial charge in [0.1, 0.15) is 11.5 Å². The van der Waals surface area contributed by atoms with Crippen LogP contribution < -0.4 is 10.1 Å². The molecule has 4 heteroatoms. The van der Waals surface area contributed by atoms with E-state index in [1.165, 1.54) is 0 Å². The Bertz CT molecular complexity index is 669. The second kappa shape index (κ2) is 5.58. The molecule has 4 nitrogen and oxygen atoms in total. The highest BCUT2D eigenvalue weighted by atomic mass is 16.5. The van der Waals surface area contributed by atoms with Crippen LogP contribution in [0.1, 0.15) is 23.0 Å². The van der Waals surface area contributed by atoms with Gasteiger partial charge in [-0.2, -0.15) is 0 Å². The lowest BCUT2D eigenvalue weighted by atomic mass is 9.81. The zero-order valence-corrected chi connectivity index (χ0v) is 11.7. The van der Waals surface area contributed by atoms with Gasteiger partial charge in [-0.25, -0.2) is 0 Å². The van der Waals surface area contributed by atoms with E-state index < -0.39 is 11.9 Å². The van der Waals surface area contributed by atoms with Crippen molar-refractivity contribution in [2.24, 2.45) is 0 Å². The lowest BCUT2D eigenvalue weighted by Gasteiger charge is -2.23. The monoisotopic (exact) mass is 283 g/mol. The van der Waals surface area contributed by atoms with E-state index in [0.717, 1.165) is 16.9 Å². The van der Waals surface area contributed by atoms with E-state index >= 15 is 0 Å². The Labute approximate surface area is 123 Å². The topological polar surface area (TPSA) is 58.6 Å².